The van der Waals surface area contributed by atoms with Crippen LogP contribution in [-0.4, -0.2) is 104 Å². The van der Waals surface area contributed by atoms with E-state index in [1.54, 1.807) is 48.5 Å². The van der Waals surface area contributed by atoms with Crippen molar-refractivity contribution in [1.82, 2.24) is 20.3 Å². The fourth-order valence-electron chi connectivity index (χ4n) is 10.7. The van der Waals surface area contributed by atoms with Crippen molar-refractivity contribution in [1.29, 1.82) is 0 Å². The Labute approximate surface area is 582 Å². The lowest BCUT2D eigenvalue weighted by Crippen LogP contribution is -2.29. The lowest BCUT2D eigenvalue weighted by molar-refractivity contribution is -0.387. The van der Waals surface area contributed by atoms with Gasteiger partial charge in [0.1, 0.15) is 29.7 Å². The number of nitrogens with zero attached hydrogens (tertiary/aromatic N) is 8. The summed E-state index contributed by atoms with van der Waals surface area (Å²) in [5.41, 5.74) is 5.75. The molecule has 0 aliphatic carbocycles. The second kappa shape index (κ2) is 33.0. The monoisotopic (exact) mass is 1480 g/mol. The molecule has 0 unspecified atom stereocenters. The minimum absolute atomic E-state index is 0.0782. The van der Waals surface area contributed by atoms with Crippen LogP contribution in [0.25, 0.3) is 43.8 Å². The molecule has 3 aliphatic heterocycles. The van der Waals surface area contributed by atoms with Crippen molar-refractivity contribution < 1.29 is 43.4 Å². The van der Waals surface area contributed by atoms with Crippen LogP contribution < -0.4 is 34.8 Å². The maximum Gasteiger partial charge on any atom is 0.488 e. The molecule has 96 heavy (non-hydrogen) atoms. The van der Waals surface area contributed by atoms with E-state index in [0.29, 0.717) is 79.6 Å². The number of rotatable bonds is 13. The predicted octanol–water partition coefficient (Wildman–Crippen LogP) is 15.8. The van der Waals surface area contributed by atoms with Gasteiger partial charge in [-0.1, -0.05) is 133 Å². The van der Waals surface area contributed by atoms with Gasteiger partial charge in [0.05, 0.1) is 44.4 Å². The zero-order chi connectivity index (χ0) is 67.8. The van der Waals surface area contributed by atoms with E-state index in [-0.39, 0.29) is 39.5 Å². The number of benzene rings is 8. The topological polar surface area (TPSA) is 255 Å². The summed E-state index contributed by atoms with van der Waals surface area (Å²) < 4.78 is 31.7. The van der Waals surface area contributed by atoms with E-state index in [2.05, 4.69) is 52.1 Å². The minimum atomic E-state index is -1.34. The van der Waals surface area contributed by atoms with E-state index in [1.807, 2.05) is 143 Å². The number of hydrogen-bond donors (Lipinski definition) is 3. The van der Waals surface area contributed by atoms with Crippen molar-refractivity contribution in [2.24, 2.45) is 0 Å². The summed E-state index contributed by atoms with van der Waals surface area (Å²) in [6.45, 7) is 4.43. The molecule has 3 N–H and O–H groups in total. The summed E-state index contributed by atoms with van der Waals surface area (Å²) in [6, 6.07) is 60.5. The van der Waals surface area contributed by atoms with Crippen molar-refractivity contribution >= 4 is 140 Å². The first-order valence-corrected chi connectivity index (χ1v) is 32.7. The average molecular weight is 1490 g/mol. The summed E-state index contributed by atoms with van der Waals surface area (Å²) in [6.07, 6.45) is 2.64. The predicted molar refractivity (Wildman–Crippen MR) is 381 cm³/mol. The molecule has 3 fully saturated rings. The van der Waals surface area contributed by atoms with Crippen LogP contribution in [-0.2, 0) is 0 Å². The third kappa shape index (κ3) is 19.1. The van der Waals surface area contributed by atoms with Crippen LogP contribution in [0, 0.1) is 36.2 Å². The fourth-order valence-corrected chi connectivity index (χ4v) is 11.9. The average Bonchev–Trinajstić information content (AvgIpc) is 1.83. The van der Waals surface area contributed by atoms with Crippen LogP contribution in [0.3, 0.4) is 0 Å². The van der Waals surface area contributed by atoms with Gasteiger partial charge in [0.15, 0.2) is 0 Å². The molecule has 6 heterocycles. The van der Waals surface area contributed by atoms with Gasteiger partial charge in [0.2, 0.25) is 23.5 Å². The SMILES string of the molecule is Clc1ccc2nc(O[C@H]3CCNC3)ccc2c1.O=[N+]([O-])c1cc(-c2ccccc2)ccc1N1CC[C@H](Oc2ccc3cc(Cl)ccc3n2)C1.O=[N+]([O-])c1cc(Br)ccc1F.O=[N+]([O-])c1cc(Br)ccc1N1CC[C@H](Oc2ccc3cc(Cl)ccc3n2)C1.OB(O)c1ccccc1. The molecular weight excluding hydrogens is 1430 g/mol. The van der Waals surface area contributed by atoms with Crippen LogP contribution in [0.4, 0.5) is 32.8 Å². The molecular formula is C69H58BBr2Cl3FN9O11. The normalized spacial score (nSPS) is 15.4. The molecule has 0 bridgehead atoms. The quantitative estimate of drug-likeness (QED) is 0.0551. The highest BCUT2D eigenvalue weighted by Crippen LogP contribution is 2.37. The number of ether oxygens (including phenoxy) is 3. The molecule has 3 aromatic heterocycles. The number of nitrogens with one attached hydrogen (secondary N) is 1. The number of nitro benzene ring substituents is 3. The molecule has 3 saturated heterocycles. The van der Waals surface area contributed by atoms with Gasteiger partial charge in [-0.25, -0.2) is 15.0 Å². The second-order valence-corrected chi connectivity index (χ2v) is 25.1. The standard InChI is InChI=1S/C25H20ClN3O3.C19H15BrClN3O3.C13H13ClN2O.C6H7BO2.C6H3BrFNO2/c26-20-8-9-22-19(14-20)7-11-25(27-22)32-21-12-13-28(16-21)23-10-6-18(15-24(23)29(30)31)17-4-2-1-3-5-17;20-13-2-5-17(18(10-13)24(25)26)23-8-7-15(11-23)27-19-6-1-12-9-14(21)3-4-16(12)22-19;14-10-2-3-12-9(7-10)1-4-13(16-12)17-11-5-6-15-8-11;8-7(9)6-4-2-1-3-5-6;7-4-1-2-5(8)6(3-4)9(10)11/h1-11,14-15,21H,12-13,16H2;1-6,9-10,15H,7-8,11H2;1-4,7,11,15H,5-6,8H2;1-5,8-9H;1-3H/t21-;15-;11-;;/m000../s1. The van der Waals surface area contributed by atoms with E-state index < -0.39 is 23.5 Å². The van der Waals surface area contributed by atoms with Crippen LogP contribution in [0.1, 0.15) is 19.3 Å². The first-order valence-electron chi connectivity index (χ1n) is 30.0. The van der Waals surface area contributed by atoms with Gasteiger partial charge in [-0.3, -0.25) is 30.3 Å². The molecule has 8 aromatic carbocycles. The second-order valence-electron chi connectivity index (χ2n) is 22.0. The van der Waals surface area contributed by atoms with Gasteiger partial charge >= 0.3 is 12.8 Å². The van der Waals surface area contributed by atoms with E-state index >= 15 is 0 Å². The molecule has 14 rings (SSSR count). The number of hydrogen-bond acceptors (Lipinski definition) is 17. The maximum absolute atomic E-state index is 12.6. The van der Waals surface area contributed by atoms with Gasteiger partial charge in [0, 0.05) is 109 Å². The van der Waals surface area contributed by atoms with Crippen LogP contribution in [0.2, 0.25) is 15.1 Å². The highest BCUT2D eigenvalue weighted by molar-refractivity contribution is 9.10. The van der Waals surface area contributed by atoms with Crippen molar-refractivity contribution in [3.05, 3.63) is 266 Å². The smallest absolute Gasteiger partial charge is 0.473 e. The summed E-state index contributed by atoms with van der Waals surface area (Å²) >= 11 is 24.2. The molecule has 0 spiro atoms. The Bertz CT molecular complexity index is 4560. The Balaban J connectivity index is 0.000000140. The van der Waals surface area contributed by atoms with E-state index in [0.717, 1.165) is 93.3 Å². The molecule has 11 aromatic rings. The lowest BCUT2D eigenvalue weighted by atomic mass is 9.81. The number of anilines is 2. The largest absolute Gasteiger partial charge is 0.488 e. The Morgan fingerprint density at radius 2 is 0.917 bits per heavy atom. The maximum atomic E-state index is 12.6. The number of aromatic nitrogens is 3. The van der Waals surface area contributed by atoms with E-state index in [9.17, 15) is 34.7 Å². The van der Waals surface area contributed by atoms with Gasteiger partial charge < -0.3 is 39.4 Å². The number of fused-ring (bicyclic) bond motifs is 3. The van der Waals surface area contributed by atoms with Gasteiger partial charge in [0.25, 0.3) is 11.4 Å². The van der Waals surface area contributed by atoms with Gasteiger partial charge in [-0.2, -0.15) is 4.39 Å². The first kappa shape index (κ1) is 69.7. The summed E-state index contributed by atoms with van der Waals surface area (Å²) in [5.74, 6) is 0.953. The zero-order valence-electron chi connectivity index (χ0n) is 50.7. The van der Waals surface area contributed by atoms with Crippen LogP contribution in [0.5, 0.6) is 17.6 Å². The Hall–Kier alpha value is -9.11. The number of nitro groups is 3. The molecule has 3 atom stereocenters. The van der Waals surface area contributed by atoms with E-state index in [1.165, 1.54) is 12.1 Å². The van der Waals surface area contributed by atoms with Crippen molar-refractivity contribution in [2.45, 2.75) is 37.6 Å². The molecule has 0 amide bonds. The van der Waals surface area contributed by atoms with Crippen molar-refractivity contribution in [3.8, 4) is 28.8 Å². The number of pyridine rings is 3. The Morgan fingerprint density at radius 3 is 1.34 bits per heavy atom. The molecule has 3 aliphatic rings. The summed E-state index contributed by atoms with van der Waals surface area (Å²) in [5, 5.41) is 58.7. The number of halogens is 6. The van der Waals surface area contributed by atoms with Gasteiger partial charge in [-0.15, -0.1) is 0 Å². The van der Waals surface area contributed by atoms with Crippen LogP contribution in [0.15, 0.2) is 215 Å². The first-order chi connectivity index (χ1) is 46.3. The Kier molecular flexibility index (Phi) is 24.0. The van der Waals surface area contributed by atoms with Crippen molar-refractivity contribution in [2.75, 3.05) is 49.1 Å². The lowest BCUT2D eigenvalue weighted by Gasteiger charge is -2.19. The van der Waals surface area contributed by atoms with E-state index in [4.69, 9.17) is 59.1 Å². The minimum Gasteiger partial charge on any atom is -0.473 e. The molecule has 490 valence electrons. The molecule has 27 heteroatoms. The van der Waals surface area contributed by atoms with Crippen molar-refractivity contribution in [3.63, 3.8) is 0 Å². The third-order valence-corrected chi connectivity index (χ3v) is 17.0. The molecule has 0 saturated carbocycles. The zero-order valence-corrected chi connectivity index (χ0v) is 56.2. The summed E-state index contributed by atoms with van der Waals surface area (Å²) in [7, 11) is -1.34. The fraction of sp³-hybridized carbons (Fsp3) is 0.174. The molecule has 0 radical (unpaired) electrons. The highest BCUT2D eigenvalue weighted by atomic mass is 79.9. The third-order valence-electron chi connectivity index (χ3n) is 15.3. The Morgan fingerprint density at radius 1 is 0.490 bits per heavy atom. The highest BCUT2D eigenvalue weighted by Gasteiger charge is 2.31. The summed E-state index contributed by atoms with van der Waals surface area (Å²) in [4.78, 5) is 49.4. The van der Waals surface area contributed by atoms with Crippen LogP contribution >= 0.6 is 66.7 Å². The van der Waals surface area contributed by atoms with Gasteiger partial charge in [-0.05, 0) is 133 Å². The molecule has 20 nitrogen and oxygen atoms in total.